The quantitative estimate of drug-likeness (QED) is 0.755. The fourth-order valence-electron chi connectivity index (χ4n) is 2.47. The van der Waals surface area contributed by atoms with Gasteiger partial charge in [0.15, 0.2) is 0 Å². The van der Waals surface area contributed by atoms with Crippen LogP contribution in [-0.4, -0.2) is 65.7 Å². The zero-order valence-corrected chi connectivity index (χ0v) is 10.9. The normalized spacial score (nSPS) is 26.8. The molecule has 1 saturated heterocycles. The van der Waals surface area contributed by atoms with Gasteiger partial charge in [-0.25, -0.2) is 9.59 Å². The number of nitrogens with one attached hydrogen (secondary N) is 1. The van der Waals surface area contributed by atoms with E-state index in [2.05, 4.69) is 10.2 Å². The molecule has 2 fully saturated rings. The van der Waals surface area contributed by atoms with E-state index in [-0.39, 0.29) is 18.0 Å². The van der Waals surface area contributed by atoms with Crippen LogP contribution in [0.3, 0.4) is 0 Å². The number of carbonyl (C=O) groups excluding carboxylic acids is 1. The Morgan fingerprint density at radius 2 is 2.00 bits per heavy atom. The molecule has 0 bridgehead atoms. The number of amides is 2. The number of urea groups is 1. The molecule has 0 spiro atoms. The molecule has 6 nitrogen and oxygen atoms in total. The molecule has 2 rings (SSSR count). The Balaban J connectivity index is 1.92. The molecule has 2 unspecified atom stereocenters. The molecular formula is C12H21N3O3. The van der Waals surface area contributed by atoms with Crippen molar-refractivity contribution >= 4 is 12.0 Å². The van der Waals surface area contributed by atoms with Crippen LogP contribution < -0.4 is 5.32 Å². The highest BCUT2D eigenvalue weighted by Crippen LogP contribution is 2.32. The Kier molecular flexibility index (Phi) is 3.75. The Morgan fingerprint density at radius 3 is 2.50 bits per heavy atom. The van der Waals surface area contributed by atoms with Gasteiger partial charge in [-0.05, 0) is 32.7 Å². The van der Waals surface area contributed by atoms with Crippen molar-refractivity contribution < 1.29 is 14.7 Å². The molecule has 2 aliphatic rings. The monoisotopic (exact) mass is 255 g/mol. The number of hydrogen-bond acceptors (Lipinski definition) is 3. The van der Waals surface area contributed by atoms with Crippen LogP contribution in [-0.2, 0) is 4.79 Å². The molecule has 0 aromatic heterocycles. The smallest absolute Gasteiger partial charge is 0.326 e. The van der Waals surface area contributed by atoms with E-state index in [1.165, 1.54) is 0 Å². The predicted octanol–water partition coefficient (Wildman–Crippen LogP) is 0.195. The van der Waals surface area contributed by atoms with Gasteiger partial charge in [0.2, 0.25) is 0 Å². The summed E-state index contributed by atoms with van der Waals surface area (Å²) < 4.78 is 0. The Labute approximate surface area is 107 Å². The topological polar surface area (TPSA) is 72.9 Å². The minimum absolute atomic E-state index is 0.120. The van der Waals surface area contributed by atoms with Crippen molar-refractivity contribution in [3.05, 3.63) is 0 Å². The maximum absolute atomic E-state index is 12.1. The lowest BCUT2D eigenvalue weighted by Gasteiger charge is -2.38. The molecule has 6 heteroatoms. The van der Waals surface area contributed by atoms with Gasteiger partial charge in [-0.15, -0.1) is 0 Å². The molecule has 2 N–H and O–H groups in total. The van der Waals surface area contributed by atoms with E-state index in [1.807, 2.05) is 14.0 Å². The molecule has 0 aromatic rings. The SMILES string of the molecule is CC1CN(C)CCN1C(=O)NC(C(=O)O)C1CC1. The lowest BCUT2D eigenvalue weighted by atomic mass is 10.2. The van der Waals surface area contributed by atoms with Gasteiger partial charge in [-0.3, -0.25) is 0 Å². The van der Waals surface area contributed by atoms with Gasteiger partial charge in [-0.1, -0.05) is 0 Å². The molecule has 2 atom stereocenters. The Hall–Kier alpha value is -1.30. The standard InChI is InChI=1S/C12H21N3O3/c1-8-7-14(2)5-6-15(8)12(18)13-10(11(16)17)9-3-4-9/h8-10H,3-7H2,1-2H3,(H,13,18)(H,16,17). The first-order valence-corrected chi connectivity index (χ1v) is 6.47. The van der Waals surface area contributed by atoms with Crippen molar-refractivity contribution in [2.75, 3.05) is 26.7 Å². The highest BCUT2D eigenvalue weighted by atomic mass is 16.4. The molecule has 0 radical (unpaired) electrons. The second-order valence-electron chi connectivity index (χ2n) is 5.41. The van der Waals surface area contributed by atoms with Crippen molar-refractivity contribution in [3.8, 4) is 0 Å². The number of hydrogen-bond donors (Lipinski definition) is 2. The van der Waals surface area contributed by atoms with Gasteiger partial charge in [-0.2, -0.15) is 0 Å². The summed E-state index contributed by atoms with van der Waals surface area (Å²) in [5.41, 5.74) is 0. The summed E-state index contributed by atoms with van der Waals surface area (Å²) >= 11 is 0. The molecule has 1 saturated carbocycles. The number of aliphatic carboxylic acids is 1. The van der Waals surface area contributed by atoms with Crippen LogP contribution in [0.15, 0.2) is 0 Å². The highest BCUT2D eigenvalue weighted by molar-refractivity contribution is 5.83. The van der Waals surface area contributed by atoms with E-state index >= 15 is 0 Å². The third kappa shape index (κ3) is 2.93. The fraction of sp³-hybridized carbons (Fsp3) is 0.833. The van der Waals surface area contributed by atoms with Gasteiger partial charge < -0.3 is 20.2 Å². The summed E-state index contributed by atoms with van der Waals surface area (Å²) in [6, 6.07) is -0.836. The average Bonchev–Trinajstić information content (AvgIpc) is 3.08. The molecule has 0 aromatic carbocycles. The number of nitrogens with zero attached hydrogens (tertiary/aromatic N) is 2. The van der Waals surface area contributed by atoms with Crippen molar-refractivity contribution in [1.82, 2.24) is 15.1 Å². The molecular weight excluding hydrogens is 234 g/mol. The molecule has 2 amide bonds. The lowest BCUT2D eigenvalue weighted by Crippen LogP contribution is -2.58. The van der Waals surface area contributed by atoms with Crippen molar-refractivity contribution in [2.45, 2.75) is 31.8 Å². The van der Waals surface area contributed by atoms with E-state index < -0.39 is 12.0 Å². The second-order valence-corrected chi connectivity index (χ2v) is 5.41. The minimum atomic E-state index is -0.923. The van der Waals surface area contributed by atoms with Crippen LogP contribution in [0.1, 0.15) is 19.8 Å². The molecule has 1 aliphatic heterocycles. The van der Waals surface area contributed by atoms with Gasteiger partial charge in [0.25, 0.3) is 0 Å². The third-order valence-electron chi connectivity index (χ3n) is 3.73. The molecule has 1 heterocycles. The highest BCUT2D eigenvalue weighted by Gasteiger charge is 2.38. The first-order valence-electron chi connectivity index (χ1n) is 6.47. The number of carbonyl (C=O) groups is 2. The van der Waals surface area contributed by atoms with E-state index in [4.69, 9.17) is 5.11 Å². The van der Waals surface area contributed by atoms with Crippen LogP contribution in [0.25, 0.3) is 0 Å². The third-order valence-corrected chi connectivity index (χ3v) is 3.73. The Bertz CT molecular complexity index is 343. The predicted molar refractivity (Wildman–Crippen MR) is 66.3 cm³/mol. The summed E-state index contributed by atoms with van der Waals surface area (Å²) in [5.74, 6) is -0.804. The lowest BCUT2D eigenvalue weighted by molar-refractivity contribution is -0.139. The number of carboxylic acid groups (broad SMARTS) is 1. The van der Waals surface area contributed by atoms with Crippen LogP contribution in [0, 0.1) is 5.92 Å². The number of carboxylic acids is 1. The molecule has 18 heavy (non-hydrogen) atoms. The largest absolute Gasteiger partial charge is 0.480 e. The second kappa shape index (κ2) is 5.14. The summed E-state index contributed by atoms with van der Waals surface area (Å²) in [4.78, 5) is 27.1. The van der Waals surface area contributed by atoms with E-state index in [1.54, 1.807) is 4.90 Å². The van der Waals surface area contributed by atoms with Crippen molar-refractivity contribution in [2.24, 2.45) is 5.92 Å². The average molecular weight is 255 g/mol. The minimum Gasteiger partial charge on any atom is -0.480 e. The zero-order valence-electron chi connectivity index (χ0n) is 10.9. The van der Waals surface area contributed by atoms with Gasteiger partial charge in [0.05, 0.1) is 0 Å². The van der Waals surface area contributed by atoms with Gasteiger partial charge in [0, 0.05) is 25.7 Å². The van der Waals surface area contributed by atoms with Crippen LogP contribution in [0.5, 0.6) is 0 Å². The maximum Gasteiger partial charge on any atom is 0.326 e. The van der Waals surface area contributed by atoms with Crippen molar-refractivity contribution in [1.29, 1.82) is 0 Å². The fourth-order valence-corrected chi connectivity index (χ4v) is 2.47. The summed E-state index contributed by atoms with van der Waals surface area (Å²) in [6.45, 7) is 4.30. The van der Waals surface area contributed by atoms with Crippen LogP contribution in [0.2, 0.25) is 0 Å². The molecule has 102 valence electrons. The maximum atomic E-state index is 12.1. The van der Waals surface area contributed by atoms with Crippen molar-refractivity contribution in [3.63, 3.8) is 0 Å². The first kappa shape index (κ1) is 13.1. The number of likely N-dealkylation sites (N-methyl/N-ethyl adjacent to an activating group) is 1. The van der Waals surface area contributed by atoms with E-state index in [9.17, 15) is 9.59 Å². The van der Waals surface area contributed by atoms with Crippen LogP contribution in [0.4, 0.5) is 4.79 Å². The number of rotatable bonds is 3. The zero-order chi connectivity index (χ0) is 13.3. The summed E-state index contributed by atoms with van der Waals surface area (Å²) in [6.07, 6.45) is 1.80. The Morgan fingerprint density at radius 1 is 1.33 bits per heavy atom. The van der Waals surface area contributed by atoms with Gasteiger partial charge in [0.1, 0.15) is 6.04 Å². The molecule has 1 aliphatic carbocycles. The van der Waals surface area contributed by atoms with E-state index in [0.717, 1.165) is 25.9 Å². The first-order chi connectivity index (χ1) is 8.49. The van der Waals surface area contributed by atoms with E-state index in [0.29, 0.717) is 6.54 Å². The summed E-state index contributed by atoms with van der Waals surface area (Å²) in [5, 5.41) is 11.8. The van der Waals surface area contributed by atoms with Crippen LogP contribution >= 0.6 is 0 Å². The number of piperazine rings is 1. The van der Waals surface area contributed by atoms with Gasteiger partial charge >= 0.3 is 12.0 Å². The summed E-state index contributed by atoms with van der Waals surface area (Å²) in [7, 11) is 2.02.